The molecular weight excluding hydrogens is 324 g/mol. The van der Waals surface area contributed by atoms with Crippen LogP contribution >= 0.6 is 35.2 Å². The van der Waals surface area contributed by atoms with Crippen LogP contribution in [0.3, 0.4) is 0 Å². The maximum absolute atomic E-state index is 12.4. The maximum Gasteiger partial charge on any atom is 0.251 e. The lowest BCUT2D eigenvalue weighted by atomic mass is 9.94. The summed E-state index contributed by atoms with van der Waals surface area (Å²) in [5.41, 5.74) is 5.54. The molecule has 108 valence electrons. The van der Waals surface area contributed by atoms with E-state index in [2.05, 4.69) is 4.72 Å². The molecule has 0 amide bonds. The van der Waals surface area contributed by atoms with Crippen molar-refractivity contribution in [3.63, 3.8) is 0 Å². The van der Waals surface area contributed by atoms with E-state index < -0.39 is 15.6 Å². The quantitative estimate of drug-likeness (QED) is 0.781. The van der Waals surface area contributed by atoms with Crippen LogP contribution in [0, 0.1) is 6.92 Å². The Hall–Kier alpha value is -0.210. The number of nitrogens with one attached hydrogen (secondary N) is 1. The Morgan fingerprint density at radius 1 is 1.53 bits per heavy atom. The minimum atomic E-state index is -3.67. The largest absolute Gasteiger partial charge is 0.392 e. The van der Waals surface area contributed by atoms with E-state index in [9.17, 15) is 8.42 Å². The molecule has 1 heterocycles. The van der Waals surface area contributed by atoms with E-state index in [1.807, 2.05) is 13.8 Å². The summed E-state index contributed by atoms with van der Waals surface area (Å²) >= 11 is 11.9. The van der Waals surface area contributed by atoms with E-state index >= 15 is 0 Å². The highest BCUT2D eigenvalue weighted by Gasteiger charge is 2.35. The second-order valence-corrected chi connectivity index (χ2v) is 8.28. The van der Waals surface area contributed by atoms with Gasteiger partial charge in [-0.25, -0.2) is 8.42 Å². The number of halogens is 1. The molecule has 0 aliphatic heterocycles. The molecule has 0 aliphatic carbocycles. The minimum Gasteiger partial charge on any atom is -0.392 e. The third-order valence-electron chi connectivity index (χ3n) is 3.11. The summed E-state index contributed by atoms with van der Waals surface area (Å²) in [5, 5.41) is 0. The van der Waals surface area contributed by atoms with Crippen molar-refractivity contribution < 1.29 is 8.42 Å². The zero-order valence-corrected chi connectivity index (χ0v) is 14.2. The van der Waals surface area contributed by atoms with Crippen molar-refractivity contribution in [2.24, 2.45) is 5.73 Å². The number of sulfonamides is 1. The monoisotopic (exact) mass is 340 g/mol. The Bertz CT molecular complexity index is 557. The topological polar surface area (TPSA) is 72.2 Å². The lowest BCUT2D eigenvalue weighted by Gasteiger charge is -2.30. The highest BCUT2D eigenvalue weighted by molar-refractivity contribution is 7.91. The molecule has 0 bridgehead atoms. The summed E-state index contributed by atoms with van der Waals surface area (Å²) in [6.45, 7) is 5.45. The summed E-state index contributed by atoms with van der Waals surface area (Å²) in [6, 6.07) is 1.55. The van der Waals surface area contributed by atoms with Crippen molar-refractivity contribution in [2.75, 3.05) is 0 Å². The molecule has 19 heavy (non-hydrogen) atoms. The van der Waals surface area contributed by atoms with Gasteiger partial charge in [-0.1, -0.05) is 37.7 Å². The predicted octanol–water partition coefficient (Wildman–Crippen LogP) is 2.83. The van der Waals surface area contributed by atoms with E-state index in [1.54, 1.807) is 13.0 Å². The van der Waals surface area contributed by atoms with E-state index in [1.165, 1.54) is 0 Å². The molecule has 4 nitrogen and oxygen atoms in total. The standard InChI is InChI=1S/C11H17ClN2O2S3/c1-4-11(5-2,10(13)17)14-19(15,16)8-6-7(3)9(12)18-8/h6,14H,4-5H2,1-3H3,(H2,13,17). The molecule has 0 aromatic carbocycles. The van der Waals surface area contributed by atoms with Gasteiger partial charge in [0, 0.05) is 0 Å². The average Bonchev–Trinajstić information content (AvgIpc) is 2.67. The smallest absolute Gasteiger partial charge is 0.251 e. The fourth-order valence-electron chi connectivity index (χ4n) is 1.66. The van der Waals surface area contributed by atoms with E-state index in [0.717, 1.165) is 16.9 Å². The minimum absolute atomic E-state index is 0.153. The molecule has 3 N–H and O–H groups in total. The first-order valence-electron chi connectivity index (χ1n) is 5.78. The molecule has 8 heteroatoms. The van der Waals surface area contributed by atoms with Crippen LogP contribution in [0.1, 0.15) is 32.3 Å². The van der Waals surface area contributed by atoms with Crippen molar-refractivity contribution in [1.29, 1.82) is 0 Å². The van der Waals surface area contributed by atoms with Crippen LogP contribution in [-0.4, -0.2) is 18.9 Å². The van der Waals surface area contributed by atoms with Gasteiger partial charge in [-0.05, 0) is 31.4 Å². The molecule has 0 saturated carbocycles. The third kappa shape index (κ3) is 3.46. The van der Waals surface area contributed by atoms with Gasteiger partial charge in [0.05, 0.1) is 14.9 Å². The van der Waals surface area contributed by atoms with Crippen LogP contribution in [0.25, 0.3) is 0 Å². The molecular formula is C11H17ClN2O2S3. The number of thiophene rings is 1. The van der Waals surface area contributed by atoms with Gasteiger partial charge in [-0.15, -0.1) is 11.3 Å². The lowest BCUT2D eigenvalue weighted by molar-refractivity contribution is 0.466. The normalized spacial score (nSPS) is 12.6. The molecule has 1 aromatic rings. The third-order valence-corrected chi connectivity index (χ3v) is 7.06. The highest BCUT2D eigenvalue weighted by Crippen LogP contribution is 2.31. The number of hydrogen-bond donors (Lipinski definition) is 2. The van der Waals surface area contributed by atoms with Gasteiger partial charge in [0.15, 0.2) is 0 Å². The van der Waals surface area contributed by atoms with Gasteiger partial charge in [-0.3, -0.25) is 0 Å². The summed E-state index contributed by atoms with van der Waals surface area (Å²) in [7, 11) is -3.67. The van der Waals surface area contributed by atoms with Gasteiger partial charge in [-0.2, -0.15) is 4.72 Å². The van der Waals surface area contributed by atoms with Crippen LogP contribution in [0.5, 0.6) is 0 Å². The Labute approximate surface area is 128 Å². The zero-order valence-electron chi connectivity index (χ0n) is 11.0. The lowest BCUT2D eigenvalue weighted by Crippen LogP contribution is -2.55. The number of aryl methyl sites for hydroxylation is 1. The highest BCUT2D eigenvalue weighted by atomic mass is 35.5. The molecule has 1 rings (SSSR count). The van der Waals surface area contributed by atoms with Gasteiger partial charge < -0.3 is 5.73 Å². The summed E-state index contributed by atoms with van der Waals surface area (Å²) in [5.74, 6) is 0. The summed E-state index contributed by atoms with van der Waals surface area (Å²) < 4.78 is 28.0. The first kappa shape index (κ1) is 16.8. The molecule has 0 spiro atoms. The van der Waals surface area contributed by atoms with Crippen LogP contribution in [0.15, 0.2) is 10.3 Å². The number of nitrogens with two attached hydrogens (primary N) is 1. The van der Waals surface area contributed by atoms with Crippen LogP contribution < -0.4 is 10.5 Å². The summed E-state index contributed by atoms with van der Waals surface area (Å²) in [6.07, 6.45) is 0.992. The van der Waals surface area contributed by atoms with Gasteiger partial charge in [0.1, 0.15) is 4.21 Å². The van der Waals surface area contributed by atoms with Crippen molar-refractivity contribution in [1.82, 2.24) is 4.72 Å². The zero-order chi connectivity index (χ0) is 14.8. The van der Waals surface area contributed by atoms with Crippen molar-refractivity contribution in [3.8, 4) is 0 Å². The molecule has 0 aliphatic rings. The maximum atomic E-state index is 12.4. The summed E-state index contributed by atoms with van der Waals surface area (Å²) in [4.78, 5) is 0.153. The fraction of sp³-hybridized carbons (Fsp3) is 0.545. The molecule has 0 radical (unpaired) electrons. The number of hydrogen-bond acceptors (Lipinski definition) is 4. The Morgan fingerprint density at radius 3 is 2.37 bits per heavy atom. The Morgan fingerprint density at radius 2 is 2.05 bits per heavy atom. The van der Waals surface area contributed by atoms with Gasteiger partial charge in [0.2, 0.25) is 0 Å². The van der Waals surface area contributed by atoms with E-state index in [-0.39, 0.29) is 9.20 Å². The van der Waals surface area contributed by atoms with E-state index in [0.29, 0.717) is 17.2 Å². The van der Waals surface area contributed by atoms with Crippen molar-refractivity contribution in [2.45, 2.75) is 43.4 Å². The van der Waals surface area contributed by atoms with E-state index in [4.69, 9.17) is 29.6 Å². The van der Waals surface area contributed by atoms with Crippen molar-refractivity contribution >= 4 is 50.2 Å². The first-order valence-corrected chi connectivity index (χ1v) is 8.87. The SMILES string of the molecule is CCC(CC)(NS(=O)(=O)c1cc(C)c(Cl)s1)C(N)=S. The van der Waals surface area contributed by atoms with Crippen molar-refractivity contribution in [3.05, 3.63) is 16.0 Å². The number of rotatable bonds is 6. The molecule has 1 aromatic heterocycles. The van der Waals surface area contributed by atoms with Crippen LogP contribution in [0.4, 0.5) is 0 Å². The average molecular weight is 341 g/mol. The van der Waals surface area contributed by atoms with Gasteiger partial charge >= 0.3 is 0 Å². The van der Waals surface area contributed by atoms with Gasteiger partial charge in [0.25, 0.3) is 10.0 Å². The predicted molar refractivity (Wildman–Crippen MR) is 84.5 cm³/mol. The second-order valence-electron chi connectivity index (χ2n) is 4.28. The van der Waals surface area contributed by atoms with Crippen LogP contribution in [-0.2, 0) is 10.0 Å². The molecule has 0 atom stereocenters. The number of thiocarbonyl (C=S) groups is 1. The fourth-order valence-corrected chi connectivity index (χ4v) is 5.30. The second kappa shape index (κ2) is 6.05. The van der Waals surface area contributed by atoms with Crippen LogP contribution in [0.2, 0.25) is 4.34 Å². The Balaban J connectivity index is 3.18. The molecule has 0 saturated heterocycles. The Kier molecular flexibility index (Phi) is 5.36. The molecule has 0 unspecified atom stereocenters. The molecule has 0 fully saturated rings. The first-order chi connectivity index (χ1) is 8.68.